The average Bonchev–Trinajstić information content (AvgIpc) is 3.08. The molecule has 2 unspecified atom stereocenters. The Morgan fingerprint density at radius 3 is 2.56 bits per heavy atom. The number of carbonyl (C=O) groups is 1. The third-order valence-corrected chi connectivity index (χ3v) is 7.00. The Kier molecular flexibility index (Phi) is 7.59. The first-order valence-corrected chi connectivity index (χ1v) is 12.0. The number of hydrogen-bond donors (Lipinski definition) is 1. The number of esters is 1. The highest BCUT2D eigenvalue weighted by molar-refractivity contribution is 5.86. The molecule has 3 nitrogen and oxygen atoms in total. The van der Waals surface area contributed by atoms with Crippen molar-refractivity contribution in [2.75, 3.05) is 7.11 Å². The van der Waals surface area contributed by atoms with Gasteiger partial charge in [-0.25, -0.2) is 0 Å². The number of methoxy groups -OCH3 is 1. The first-order valence-electron chi connectivity index (χ1n) is 12.0. The zero-order valence-electron chi connectivity index (χ0n) is 19.3. The zero-order chi connectivity index (χ0) is 22.3. The fourth-order valence-corrected chi connectivity index (χ4v) is 5.19. The molecule has 0 radical (unpaired) electrons. The summed E-state index contributed by atoms with van der Waals surface area (Å²) in [6.45, 7) is 2.30. The summed E-state index contributed by atoms with van der Waals surface area (Å²) in [5.41, 5.74) is 4.02. The van der Waals surface area contributed by atoms with Crippen molar-refractivity contribution in [1.29, 1.82) is 0 Å². The van der Waals surface area contributed by atoms with Crippen molar-refractivity contribution in [1.82, 2.24) is 5.32 Å². The molecule has 3 aromatic rings. The van der Waals surface area contributed by atoms with Crippen molar-refractivity contribution in [3.63, 3.8) is 0 Å². The second-order valence-corrected chi connectivity index (χ2v) is 9.19. The molecule has 3 atom stereocenters. The Morgan fingerprint density at radius 1 is 1.00 bits per heavy atom. The van der Waals surface area contributed by atoms with E-state index in [2.05, 4.69) is 79.0 Å². The van der Waals surface area contributed by atoms with Gasteiger partial charge in [-0.15, -0.1) is 0 Å². The maximum absolute atomic E-state index is 11.4. The molecule has 0 spiro atoms. The van der Waals surface area contributed by atoms with Gasteiger partial charge < -0.3 is 10.1 Å². The van der Waals surface area contributed by atoms with Crippen LogP contribution in [-0.4, -0.2) is 19.1 Å². The van der Waals surface area contributed by atoms with E-state index in [0.29, 0.717) is 24.4 Å². The van der Waals surface area contributed by atoms with Gasteiger partial charge in [0.15, 0.2) is 0 Å². The molecule has 3 heteroatoms. The Labute approximate surface area is 192 Å². The minimum absolute atomic E-state index is 0.146. The van der Waals surface area contributed by atoms with Gasteiger partial charge in [0.05, 0.1) is 7.11 Å². The van der Waals surface area contributed by atoms with Crippen molar-refractivity contribution in [3.05, 3.63) is 83.4 Å². The SMILES string of the molecule is COC(=O)CCc1ccc(C2CCCCC(N[C@H](C)c3cccc4ccccc34)C2)cc1. The molecule has 1 aliphatic carbocycles. The molecule has 0 heterocycles. The summed E-state index contributed by atoms with van der Waals surface area (Å²) in [4.78, 5) is 11.4. The van der Waals surface area contributed by atoms with Crippen molar-refractivity contribution in [2.24, 2.45) is 0 Å². The maximum atomic E-state index is 11.4. The zero-order valence-corrected chi connectivity index (χ0v) is 19.3. The summed E-state index contributed by atoms with van der Waals surface area (Å²) < 4.78 is 4.76. The lowest BCUT2D eigenvalue weighted by molar-refractivity contribution is -0.140. The van der Waals surface area contributed by atoms with Crippen molar-refractivity contribution >= 4 is 16.7 Å². The smallest absolute Gasteiger partial charge is 0.305 e. The Hall–Kier alpha value is -2.65. The number of benzene rings is 3. The van der Waals surface area contributed by atoms with E-state index in [0.717, 1.165) is 6.42 Å². The standard InChI is InChI=1S/C29H35NO2/c1-21(27-13-7-10-24-8-4-6-12-28(24)27)30-26-11-5-3-9-25(20-26)23-17-14-22(15-18-23)16-19-29(31)32-2/h4,6-8,10,12-15,17-18,21,25-26,30H,3,5,9,11,16,19-20H2,1-2H3/t21-,25?,26?/m1/s1. The number of rotatable bonds is 7. The highest BCUT2D eigenvalue weighted by Crippen LogP contribution is 2.33. The molecule has 0 aliphatic heterocycles. The number of hydrogen-bond acceptors (Lipinski definition) is 3. The number of aryl methyl sites for hydroxylation is 1. The topological polar surface area (TPSA) is 38.3 Å². The van der Waals surface area contributed by atoms with Crippen LogP contribution in [0.5, 0.6) is 0 Å². The summed E-state index contributed by atoms with van der Waals surface area (Å²) in [6.07, 6.45) is 7.42. The largest absolute Gasteiger partial charge is 0.469 e. The van der Waals surface area contributed by atoms with Crippen LogP contribution in [0.25, 0.3) is 10.8 Å². The molecule has 0 aromatic heterocycles. The summed E-state index contributed by atoms with van der Waals surface area (Å²) in [5.74, 6) is 0.441. The molecular formula is C29H35NO2. The third kappa shape index (κ3) is 5.58. The maximum Gasteiger partial charge on any atom is 0.305 e. The highest BCUT2D eigenvalue weighted by atomic mass is 16.5. The molecule has 1 saturated carbocycles. The summed E-state index contributed by atoms with van der Waals surface area (Å²) in [6, 6.07) is 25.1. The second kappa shape index (κ2) is 10.8. The van der Waals surface area contributed by atoms with E-state index in [1.165, 1.54) is 66.7 Å². The third-order valence-electron chi connectivity index (χ3n) is 7.00. The van der Waals surface area contributed by atoms with Gasteiger partial charge in [0.2, 0.25) is 0 Å². The van der Waals surface area contributed by atoms with Crippen LogP contribution >= 0.6 is 0 Å². The number of fused-ring (bicyclic) bond motifs is 1. The molecule has 1 fully saturated rings. The van der Waals surface area contributed by atoms with Gasteiger partial charge in [-0.05, 0) is 66.0 Å². The second-order valence-electron chi connectivity index (χ2n) is 9.19. The normalized spacial score (nSPS) is 19.9. The van der Waals surface area contributed by atoms with E-state index >= 15 is 0 Å². The number of nitrogens with one attached hydrogen (secondary N) is 1. The summed E-state index contributed by atoms with van der Waals surface area (Å²) >= 11 is 0. The van der Waals surface area contributed by atoms with E-state index in [9.17, 15) is 4.79 Å². The van der Waals surface area contributed by atoms with Crippen LogP contribution in [-0.2, 0) is 16.0 Å². The van der Waals surface area contributed by atoms with Crippen LogP contribution in [0, 0.1) is 0 Å². The molecule has 1 N–H and O–H groups in total. The van der Waals surface area contributed by atoms with Gasteiger partial charge in [-0.2, -0.15) is 0 Å². The minimum Gasteiger partial charge on any atom is -0.469 e. The van der Waals surface area contributed by atoms with Gasteiger partial charge in [-0.1, -0.05) is 79.6 Å². The van der Waals surface area contributed by atoms with Crippen LogP contribution < -0.4 is 5.32 Å². The fraction of sp³-hybridized carbons (Fsp3) is 0.414. The molecule has 32 heavy (non-hydrogen) atoms. The predicted octanol–water partition coefficient (Wildman–Crippen LogP) is 6.71. The molecule has 1 aliphatic rings. The van der Waals surface area contributed by atoms with Crippen LogP contribution in [0.3, 0.4) is 0 Å². The Morgan fingerprint density at radius 2 is 1.75 bits per heavy atom. The van der Waals surface area contributed by atoms with E-state index < -0.39 is 0 Å². The van der Waals surface area contributed by atoms with Gasteiger partial charge in [0.25, 0.3) is 0 Å². The van der Waals surface area contributed by atoms with E-state index in [1.54, 1.807) is 0 Å². The van der Waals surface area contributed by atoms with Crippen LogP contribution in [0.1, 0.15) is 74.1 Å². The minimum atomic E-state index is -0.146. The highest BCUT2D eigenvalue weighted by Gasteiger charge is 2.23. The Bertz CT molecular complexity index is 1020. The Balaban J connectivity index is 1.42. The number of carbonyl (C=O) groups excluding carboxylic acids is 1. The van der Waals surface area contributed by atoms with Crippen molar-refractivity contribution in [2.45, 2.75) is 69.9 Å². The van der Waals surface area contributed by atoms with E-state index in [1.807, 2.05) is 0 Å². The molecular weight excluding hydrogens is 394 g/mol. The molecule has 3 aromatic carbocycles. The molecule has 4 rings (SSSR count). The van der Waals surface area contributed by atoms with Gasteiger partial charge >= 0.3 is 5.97 Å². The van der Waals surface area contributed by atoms with Crippen molar-refractivity contribution < 1.29 is 9.53 Å². The summed E-state index contributed by atoms with van der Waals surface area (Å²) in [7, 11) is 1.45. The molecule has 168 valence electrons. The van der Waals surface area contributed by atoms with E-state index in [4.69, 9.17) is 4.74 Å². The van der Waals surface area contributed by atoms with E-state index in [-0.39, 0.29) is 5.97 Å². The molecule has 0 amide bonds. The van der Waals surface area contributed by atoms with Gasteiger partial charge in [0, 0.05) is 18.5 Å². The van der Waals surface area contributed by atoms with Gasteiger partial charge in [0.1, 0.15) is 0 Å². The summed E-state index contributed by atoms with van der Waals surface area (Å²) in [5, 5.41) is 6.63. The van der Waals surface area contributed by atoms with Crippen molar-refractivity contribution in [3.8, 4) is 0 Å². The lowest BCUT2D eigenvalue weighted by Gasteiger charge is -2.26. The predicted molar refractivity (Wildman–Crippen MR) is 132 cm³/mol. The van der Waals surface area contributed by atoms with Crippen LogP contribution in [0.2, 0.25) is 0 Å². The molecule has 0 bridgehead atoms. The average molecular weight is 430 g/mol. The first-order chi connectivity index (χ1) is 15.6. The van der Waals surface area contributed by atoms with Crippen LogP contribution in [0.15, 0.2) is 66.7 Å². The van der Waals surface area contributed by atoms with Crippen LogP contribution in [0.4, 0.5) is 0 Å². The molecule has 0 saturated heterocycles. The lowest BCUT2D eigenvalue weighted by Crippen LogP contribution is -2.32. The first kappa shape index (κ1) is 22.5. The monoisotopic (exact) mass is 429 g/mol. The lowest BCUT2D eigenvalue weighted by atomic mass is 9.89. The fourth-order valence-electron chi connectivity index (χ4n) is 5.19. The van der Waals surface area contributed by atoms with Gasteiger partial charge in [-0.3, -0.25) is 4.79 Å². The number of ether oxygens (including phenoxy) is 1. The quantitative estimate of drug-likeness (QED) is 0.335.